The molecule has 2 aliphatic heterocycles. The zero-order valence-corrected chi connectivity index (χ0v) is 19.2. The quantitative estimate of drug-likeness (QED) is 0.533. The van der Waals surface area contributed by atoms with Gasteiger partial charge in [0, 0.05) is 39.3 Å². The number of nitrogens with zero attached hydrogens (tertiary/aromatic N) is 3. The van der Waals surface area contributed by atoms with Gasteiger partial charge in [0.1, 0.15) is 0 Å². The van der Waals surface area contributed by atoms with Gasteiger partial charge in [0.2, 0.25) is 10.0 Å². The zero-order chi connectivity index (χ0) is 24.1. The summed E-state index contributed by atoms with van der Waals surface area (Å²) in [6.45, 7) is 1.90. The summed E-state index contributed by atoms with van der Waals surface area (Å²) in [6, 6.07) is 8.77. The Balaban J connectivity index is 1.29. The Morgan fingerprint density at radius 3 is 2.29 bits per heavy atom. The lowest BCUT2D eigenvalue weighted by Gasteiger charge is -2.34. The van der Waals surface area contributed by atoms with Gasteiger partial charge in [-0.1, -0.05) is 6.07 Å². The van der Waals surface area contributed by atoms with Crippen molar-refractivity contribution in [1.82, 2.24) is 14.1 Å². The van der Waals surface area contributed by atoms with E-state index in [0.29, 0.717) is 39.4 Å². The molecule has 0 bridgehead atoms. The largest absolute Gasteiger partial charge is 0.459 e. The van der Waals surface area contributed by atoms with Crippen molar-refractivity contribution in [2.45, 2.75) is 4.90 Å². The van der Waals surface area contributed by atoms with E-state index in [1.54, 1.807) is 17.0 Å². The van der Waals surface area contributed by atoms with Crippen LogP contribution in [0.3, 0.4) is 0 Å². The molecule has 0 saturated carbocycles. The normalized spacial score (nSPS) is 17.4. The number of sulfonamides is 1. The molecule has 11 nitrogen and oxygen atoms in total. The number of benzene rings is 1. The Bertz CT molecular complexity index is 1130. The van der Waals surface area contributed by atoms with E-state index in [-0.39, 0.29) is 35.2 Å². The molecule has 2 saturated heterocycles. The fraction of sp³-hybridized carbons (Fsp3) is 0.409. The number of ether oxygens (including phenoxy) is 2. The average molecular weight is 492 g/mol. The molecular weight excluding hydrogens is 466 g/mol. The second-order valence-electron chi connectivity index (χ2n) is 7.77. The number of hydrogen-bond donors (Lipinski definition) is 0. The van der Waals surface area contributed by atoms with E-state index in [9.17, 15) is 22.8 Å². The molecule has 1 aromatic heterocycles. The van der Waals surface area contributed by atoms with E-state index >= 15 is 0 Å². The maximum Gasteiger partial charge on any atom is 0.338 e. The first kappa shape index (κ1) is 23.9. The van der Waals surface area contributed by atoms with Crippen molar-refractivity contribution < 1.29 is 36.7 Å². The summed E-state index contributed by atoms with van der Waals surface area (Å²) in [5.41, 5.74) is 0.0380. The second kappa shape index (κ2) is 10.4. The summed E-state index contributed by atoms with van der Waals surface area (Å²) in [5, 5.41) is 0. The molecule has 0 unspecified atom stereocenters. The lowest BCUT2D eigenvalue weighted by atomic mass is 10.2. The van der Waals surface area contributed by atoms with Crippen LogP contribution in [0.1, 0.15) is 20.9 Å². The minimum absolute atomic E-state index is 0.0208. The molecule has 0 spiro atoms. The summed E-state index contributed by atoms with van der Waals surface area (Å²) in [4.78, 5) is 40.4. The fourth-order valence-corrected chi connectivity index (χ4v) is 5.19. The number of rotatable bonds is 6. The van der Waals surface area contributed by atoms with Crippen LogP contribution in [0.4, 0.5) is 0 Å². The maximum absolute atomic E-state index is 12.8. The molecule has 1 aromatic carbocycles. The van der Waals surface area contributed by atoms with E-state index in [1.165, 1.54) is 39.7 Å². The van der Waals surface area contributed by atoms with Gasteiger partial charge in [-0.2, -0.15) is 4.31 Å². The molecule has 2 amide bonds. The maximum atomic E-state index is 12.8. The summed E-state index contributed by atoms with van der Waals surface area (Å²) in [7, 11) is -3.76. The van der Waals surface area contributed by atoms with Gasteiger partial charge in [-0.25, -0.2) is 13.2 Å². The van der Waals surface area contributed by atoms with Crippen molar-refractivity contribution in [2.75, 3.05) is 59.1 Å². The third-order valence-corrected chi connectivity index (χ3v) is 7.55. The van der Waals surface area contributed by atoms with E-state index in [2.05, 4.69) is 0 Å². The zero-order valence-electron chi connectivity index (χ0n) is 18.4. The smallest absolute Gasteiger partial charge is 0.338 e. The lowest BCUT2D eigenvalue weighted by molar-refractivity contribution is -0.136. The first-order chi connectivity index (χ1) is 16.4. The van der Waals surface area contributed by atoms with Gasteiger partial charge in [0.15, 0.2) is 12.4 Å². The van der Waals surface area contributed by atoms with Crippen LogP contribution in [0.25, 0.3) is 0 Å². The number of amides is 2. The monoisotopic (exact) mass is 491 g/mol. The van der Waals surface area contributed by atoms with Crippen molar-refractivity contribution in [1.29, 1.82) is 0 Å². The third-order valence-electron chi connectivity index (χ3n) is 5.66. The number of carbonyl (C=O) groups excluding carboxylic acids is 3. The molecule has 2 aromatic rings. The highest BCUT2D eigenvalue weighted by atomic mass is 32.2. The van der Waals surface area contributed by atoms with Crippen LogP contribution in [0.2, 0.25) is 0 Å². The van der Waals surface area contributed by atoms with E-state index in [1.807, 2.05) is 0 Å². The highest BCUT2D eigenvalue weighted by molar-refractivity contribution is 7.89. The van der Waals surface area contributed by atoms with Crippen molar-refractivity contribution in [3.05, 3.63) is 54.0 Å². The van der Waals surface area contributed by atoms with Crippen LogP contribution < -0.4 is 0 Å². The highest BCUT2D eigenvalue weighted by Crippen LogP contribution is 2.19. The fourth-order valence-electron chi connectivity index (χ4n) is 3.74. The molecule has 0 atom stereocenters. The summed E-state index contributed by atoms with van der Waals surface area (Å²) >= 11 is 0. The molecule has 34 heavy (non-hydrogen) atoms. The van der Waals surface area contributed by atoms with Gasteiger partial charge in [0.25, 0.3) is 11.8 Å². The van der Waals surface area contributed by atoms with Crippen LogP contribution in [-0.2, 0) is 24.3 Å². The van der Waals surface area contributed by atoms with Gasteiger partial charge in [0.05, 0.1) is 29.9 Å². The van der Waals surface area contributed by atoms with Crippen molar-refractivity contribution in [3.8, 4) is 0 Å². The van der Waals surface area contributed by atoms with Gasteiger partial charge in [-0.05, 0) is 30.3 Å². The van der Waals surface area contributed by atoms with Gasteiger partial charge < -0.3 is 23.7 Å². The van der Waals surface area contributed by atoms with Crippen LogP contribution >= 0.6 is 0 Å². The first-order valence-corrected chi connectivity index (χ1v) is 12.3. The van der Waals surface area contributed by atoms with Gasteiger partial charge in [-0.3, -0.25) is 9.59 Å². The molecule has 0 N–H and O–H groups in total. The molecule has 3 heterocycles. The third kappa shape index (κ3) is 5.29. The standard InChI is InChI=1S/C22H25N3O8S/c26-20(23-6-8-24(9-7-23)21(27)19-5-2-12-32-19)16-33-22(28)17-3-1-4-18(15-17)34(29,30)25-10-13-31-14-11-25/h1-5,12,15H,6-11,13-14,16H2. The SMILES string of the molecule is O=C(OCC(=O)N1CCN(C(=O)c2ccco2)CC1)c1cccc(S(=O)(=O)N2CCOCC2)c1. The summed E-state index contributed by atoms with van der Waals surface area (Å²) in [6.07, 6.45) is 1.43. The molecule has 2 fully saturated rings. The van der Waals surface area contributed by atoms with Crippen molar-refractivity contribution in [2.24, 2.45) is 0 Å². The summed E-state index contributed by atoms with van der Waals surface area (Å²) in [5.74, 6) is -1.18. The van der Waals surface area contributed by atoms with Gasteiger partial charge in [-0.15, -0.1) is 0 Å². The van der Waals surface area contributed by atoms with Crippen LogP contribution in [0.5, 0.6) is 0 Å². The highest BCUT2D eigenvalue weighted by Gasteiger charge is 2.28. The minimum Gasteiger partial charge on any atom is -0.459 e. The Kier molecular flexibility index (Phi) is 7.29. The van der Waals surface area contributed by atoms with Crippen LogP contribution in [0.15, 0.2) is 52.0 Å². The second-order valence-corrected chi connectivity index (χ2v) is 9.71. The molecule has 182 valence electrons. The Labute approximate surface area is 196 Å². The van der Waals surface area contributed by atoms with Crippen molar-refractivity contribution in [3.63, 3.8) is 0 Å². The first-order valence-electron chi connectivity index (χ1n) is 10.8. The number of morpholine rings is 1. The summed E-state index contributed by atoms with van der Waals surface area (Å²) < 4.78 is 42.4. The van der Waals surface area contributed by atoms with Crippen LogP contribution in [0, 0.1) is 0 Å². The molecule has 4 rings (SSSR count). The number of furan rings is 1. The Hall–Kier alpha value is -3.22. The van der Waals surface area contributed by atoms with Crippen LogP contribution in [-0.4, -0.2) is 99.4 Å². The van der Waals surface area contributed by atoms with E-state index in [4.69, 9.17) is 13.9 Å². The predicted octanol–water partition coefficient (Wildman–Crippen LogP) is 0.442. The molecule has 0 aliphatic carbocycles. The van der Waals surface area contributed by atoms with Gasteiger partial charge >= 0.3 is 5.97 Å². The molecule has 2 aliphatic rings. The predicted molar refractivity (Wildman–Crippen MR) is 117 cm³/mol. The Morgan fingerprint density at radius 1 is 0.912 bits per heavy atom. The number of carbonyl (C=O) groups is 3. The number of hydrogen-bond acceptors (Lipinski definition) is 8. The molecule has 0 radical (unpaired) electrons. The molecule has 12 heteroatoms. The van der Waals surface area contributed by atoms with E-state index < -0.39 is 28.5 Å². The topological polar surface area (TPSA) is 127 Å². The average Bonchev–Trinajstić information content (AvgIpc) is 3.42. The van der Waals surface area contributed by atoms with E-state index in [0.717, 1.165) is 0 Å². The number of piperazine rings is 1. The minimum atomic E-state index is -3.76. The lowest BCUT2D eigenvalue weighted by Crippen LogP contribution is -2.51. The number of esters is 1. The molecular formula is C22H25N3O8S. The van der Waals surface area contributed by atoms with Crippen molar-refractivity contribution >= 4 is 27.8 Å². The Morgan fingerprint density at radius 2 is 1.62 bits per heavy atom.